The van der Waals surface area contributed by atoms with E-state index in [1.807, 2.05) is 6.26 Å². The van der Waals surface area contributed by atoms with Gasteiger partial charge in [-0.2, -0.15) is 0 Å². The summed E-state index contributed by atoms with van der Waals surface area (Å²) in [6, 6.07) is 4.96. The van der Waals surface area contributed by atoms with Gasteiger partial charge in [0.05, 0.1) is 9.82 Å². The first kappa shape index (κ1) is 13.8. The zero-order valence-electron chi connectivity index (χ0n) is 8.99. The van der Waals surface area contributed by atoms with Crippen LogP contribution in [0.15, 0.2) is 36.2 Å². The molecule has 0 saturated heterocycles. The van der Waals surface area contributed by atoms with Crippen molar-refractivity contribution < 1.29 is 4.92 Å². The Labute approximate surface area is 124 Å². The maximum absolute atomic E-state index is 11.0. The van der Waals surface area contributed by atoms with Gasteiger partial charge < -0.3 is 0 Å². The van der Waals surface area contributed by atoms with Crippen molar-refractivity contribution in [2.75, 3.05) is 6.26 Å². The Balaban J connectivity index is 2.30. The predicted molar refractivity (Wildman–Crippen MR) is 76.6 cm³/mol. The van der Waals surface area contributed by atoms with Crippen LogP contribution in [0.4, 0.5) is 5.69 Å². The number of aromatic nitrogens is 2. The third-order valence-electron chi connectivity index (χ3n) is 1.88. The first-order valence-electron chi connectivity index (χ1n) is 4.59. The fourth-order valence-electron chi connectivity index (χ4n) is 1.13. The average molecular weight is 364 g/mol. The summed E-state index contributed by atoms with van der Waals surface area (Å²) in [6.07, 6.45) is 1.91. The Hall–Kier alpha value is -0.640. The first-order chi connectivity index (χ1) is 8.60. The molecule has 2 rings (SSSR count). The summed E-state index contributed by atoms with van der Waals surface area (Å²) in [4.78, 5) is 11.1. The van der Waals surface area contributed by atoms with Gasteiger partial charge in [-0.05, 0) is 18.4 Å². The second-order valence-corrected chi connectivity index (χ2v) is 7.24. The molecule has 0 bridgehead atoms. The molecule has 0 spiro atoms. The second-order valence-electron chi connectivity index (χ2n) is 3.01. The lowest BCUT2D eigenvalue weighted by Gasteiger charge is -2.00. The molecule has 1 heterocycles. The van der Waals surface area contributed by atoms with Crippen molar-refractivity contribution in [2.24, 2.45) is 0 Å². The van der Waals surface area contributed by atoms with Crippen molar-refractivity contribution in [3.63, 3.8) is 0 Å². The number of rotatable bonds is 4. The molecule has 2 aromatic rings. The molecule has 0 unspecified atom stereocenters. The van der Waals surface area contributed by atoms with Crippen LogP contribution in [-0.4, -0.2) is 21.4 Å². The average Bonchev–Trinajstić information content (AvgIpc) is 2.79. The molecule has 0 atom stereocenters. The van der Waals surface area contributed by atoms with Crippen LogP contribution in [0, 0.1) is 10.1 Å². The summed E-state index contributed by atoms with van der Waals surface area (Å²) in [5.74, 6) is 0. The van der Waals surface area contributed by atoms with Gasteiger partial charge in [-0.3, -0.25) is 10.1 Å². The molecule has 0 aliphatic rings. The number of thioether (sulfide) groups is 1. The highest BCUT2D eigenvalue weighted by atomic mass is 79.9. The van der Waals surface area contributed by atoms with Crippen LogP contribution in [0.2, 0.25) is 0 Å². The van der Waals surface area contributed by atoms with Gasteiger partial charge in [0.2, 0.25) is 0 Å². The van der Waals surface area contributed by atoms with Crippen molar-refractivity contribution in [2.45, 2.75) is 13.6 Å². The fourth-order valence-corrected chi connectivity index (χ4v) is 3.96. The third-order valence-corrected chi connectivity index (χ3v) is 5.39. The summed E-state index contributed by atoms with van der Waals surface area (Å²) in [6.45, 7) is 0. The van der Waals surface area contributed by atoms with Gasteiger partial charge >= 0.3 is 0 Å². The minimum absolute atomic E-state index is 0.0651. The molecule has 0 aliphatic carbocycles. The number of halogens is 1. The third kappa shape index (κ3) is 3.22. The molecule has 1 aromatic heterocycles. The summed E-state index contributed by atoms with van der Waals surface area (Å²) >= 11 is 7.40. The number of nitro groups is 1. The Morgan fingerprint density at radius 2 is 2.11 bits per heavy atom. The molecule has 0 N–H and O–H groups in total. The highest BCUT2D eigenvalue weighted by molar-refractivity contribution is 9.10. The Morgan fingerprint density at radius 1 is 1.39 bits per heavy atom. The van der Waals surface area contributed by atoms with Crippen molar-refractivity contribution in [1.29, 1.82) is 0 Å². The normalized spacial score (nSPS) is 10.6. The van der Waals surface area contributed by atoms with E-state index in [-0.39, 0.29) is 5.69 Å². The molecule has 0 radical (unpaired) electrons. The summed E-state index contributed by atoms with van der Waals surface area (Å²) in [7, 11) is 0. The van der Waals surface area contributed by atoms with E-state index in [0.717, 1.165) is 4.34 Å². The fraction of sp³-hybridized carbons (Fsp3) is 0.111. The smallest absolute Gasteiger partial charge is 0.258 e. The monoisotopic (exact) mass is 363 g/mol. The van der Waals surface area contributed by atoms with E-state index < -0.39 is 4.92 Å². The largest absolute Gasteiger partial charge is 0.284 e. The van der Waals surface area contributed by atoms with Gasteiger partial charge in [0, 0.05) is 10.5 Å². The highest BCUT2D eigenvalue weighted by Gasteiger charge is 2.17. The first-order valence-corrected chi connectivity index (χ1v) is 8.24. The Kier molecular flexibility index (Phi) is 4.60. The molecule has 0 saturated carbocycles. The minimum atomic E-state index is -0.399. The van der Waals surface area contributed by atoms with Crippen LogP contribution in [0.25, 0.3) is 0 Å². The van der Waals surface area contributed by atoms with E-state index in [2.05, 4.69) is 26.1 Å². The van der Waals surface area contributed by atoms with Gasteiger partial charge in [0.15, 0.2) is 8.68 Å². The van der Waals surface area contributed by atoms with Gasteiger partial charge in [0.1, 0.15) is 0 Å². The molecule has 1 aromatic carbocycles. The van der Waals surface area contributed by atoms with E-state index in [0.29, 0.717) is 13.7 Å². The van der Waals surface area contributed by atoms with E-state index in [9.17, 15) is 10.1 Å². The van der Waals surface area contributed by atoms with Gasteiger partial charge in [-0.25, -0.2) is 0 Å². The summed E-state index contributed by atoms with van der Waals surface area (Å²) < 4.78 is 2.22. The lowest BCUT2D eigenvalue weighted by atomic mass is 10.3. The lowest BCUT2D eigenvalue weighted by molar-refractivity contribution is -0.387. The van der Waals surface area contributed by atoms with Crippen molar-refractivity contribution >= 4 is 56.5 Å². The minimum Gasteiger partial charge on any atom is -0.258 e. The van der Waals surface area contributed by atoms with E-state index >= 15 is 0 Å². The molecule has 9 heteroatoms. The predicted octanol–water partition coefficient (Wildman–Crippen LogP) is 4.08. The molecule has 0 aliphatic heterocycles. The van der Waals surface area contributed by atoms with E-state index in [4.69, 9.17) is 0 Å². The maximum atomic E-state index is 11.0. The van der Waals surface area contributed by atoms with Crippen molar-refractivity contribution in [1.82, 2.24) is 10.2 Å². The summed E-state index contributed by atoms with van der Waals surface area (Å²) in [5, 5.41) is 18.9. The zero-order valence-corrected chi connectivity index (χ0v) is 13.0. The van der Waals surface area contributed by atoms with Crippen LogP contribution in [0.1, 0.15) is 0 Å². The standard InChI is InChI=1S/C9H6BrN3O2S3/c1-16-8-11-12-9(18-8)17-7-3-2-5(10)4-6(7)13(14)15/h2-4H,1H3. The highest BCUT2D eigenvalue weighted by Crippen LogP contribution is 2.38. The number of nitrogens with zero attached hydrogens (tertiary/aromatic N) is 3. The molecule has 0 amide bonds. The van der Waals surface area contributed by atoms with Crippen LogP contribution >= 0.6 is 50.8 Å². The van der Waals surface area contributed by atoms with E-state index in [1.54, 1.807) is 12.1 Å². The number of nitro benzene ring substituents is 1. The van der Waals surface area contributed by atoms with E-state index in [1.165, 1.54) is 40.9 Å². The molecule has 5 nitrogen and oxygen atoms in total. The maximum Gasteiger partial charge on any atom is 0.284 e. The SMILES string of the molecule is CSc1nnc(Sc2ccc(Br)cc2[N+](=O)[O-])s1. The zero-order chi connectivity index (χ0) is 13.1. The molecule has 0 fully saturated rings. The van der Waals surface area contributed by atoms with Gasteiger partial charge in [-0.15, -0.1) is 10.2 Å². The van der Waals surface area contributed by atoms with Gasteiger partial charge in [0.25, 0.3) is 5.69 Å². The lowest BCUT2D eigenvalue weighted by Crippen LogP contribution is -1.90. The molecular weight excluding hydrogens is 358 g/mol. The van der Waals surface area contributed by atoms with Gasteiger partial charge in [-0.1, -0.05) is 50.8 Å². The number of hydrogen-bond acceptors (Lipinski definition) is 7. The summed E-state index contributed by atoms with van der Waals surface area (Å²) in [5.41, 5.74) is 0.0651. The number of benzene rings is 1. The second kappa shape index (κ2) is 6.00. The van der Waals surface area contributed by atoms with Crippen LogP contribution in [0.3, 0.4) is 0 Å². The number of hydrogen-bond donors (Lipinski definition) is 0. The van der Waals surface area contributed by atoms with Crippen LogP contribution < -0.4 is 0 Å². The van der Waals surface area contributed by atoms with Crippen LogP contribution in [-0.2, 0) is 0 Å². The Morgan fingerprint density at radius 3 is 2.72 bits per heavy atom. The quantitative estimate of drug-likeness (QED) is 0.463. The molecule has 94 valence electrons. The topological polar surface area (TPSA) is 68.9 Å². The Bertz CT molecular complexity index is 590. The molecular formula is C9H6BrN3O2S3. The molecule has 18 heavy (non-hydrogen) atoms. The van der Waals surface area contributed by atoms with Crippen molar-refractivity contribution in [3.05, 3.63) is 32.8 Å². The van der Waals surface area contributed by atoms with Crippen LogP contribution in [0.5, 0.6) is 0 Å². The van der Waals surface area contributed by atoms with Crippen molar-refractivity contribution in [3.8, 4) is 0 Å².